The van der Waals surface area contributed by atoms with Crippen molar-refractivity contribution in [3.05, 3.63) is 29.0 Å². The third-order valence-electron chi connectivity index (χ3n) is 2.73. The van der Waals surface area contributed by atoms with Crippen molar-refractivity contribution in [1.29, 1.82) is 0 Å². The van der Waals surface area contributed by atoms with Gasteiger partial charge in [0.1, 0.15) is 5.82 Å². The van der Waals surface area contributed by atoms with Crippen LogP contribution in [-0.4, -0.2) is 25.8 Å². The Bertz CT molecular complexity index is 583. The first-order valence-electron chi connectivity index (χ1n) is 5.63. The average molecular weight is 305 g/mol. The summed E-state index contributed by atoms with van der Waals surface area (Å²) in [4.78, 5) is 4.46. The summed E-state index contributed by atoms with van der Waals surface area (Å²) in [7, 11) is -0.774. The lowest BCUT2D eigenvalue weighted by atomic mass is 10.3. The summed E-state index contributed by atoms with van der Waals surface area (Å²) in [5.41, 5.74) is 1.77. The molecule has 2 aromatic rings. The van der Waals surface area contributed by atoms with Gasteiger partial charge in [0.2, 0.25) is 0 Å². The van der Waals surface area contributed by atoms with Crippen LogP contribution in [0.15, 0.2) is 18.2 Å². The van der Waals surface area contributed by atoms with E-state index in [1.54, 1.807) is 6.26 Å². The van der Waals surface area contributed by atoms with Crippen LogP contribution in [0.4, 0.5) is 0 Å². The van der Waals surface area contributed by atoms with Crippen LogP contribution in [0.5, 0.6) is 0 Å². The van der Waals surface area contributed by atoms with E-state index >= 15 is 0 Å². The Labute approximate surface area is 119 Å². The molecule has 18 heavy (non-hydrogen) atoms. The van der Waals surface area contributed by atoms with Crippen molar-refractivity contribution in [2.75, 3.05) is 12.0 Å². The fraction of sp³-hybridized carbons (Fsp3) is 0.417. The molecule has 0 spiro atoms. The molecule has 0 N–H and O–H groups in total. The van der Waals surface area contributed by atoms with Crippen LogP contribution >= 0.6 is 23.2 Å². The number of alkyl halides is 1. The predicted octanol–water partition coefficient (Wildman–Crippen LogP) is 3.20. The highest BCUT2D eigenvalue weighted by atomic mass is 35.5. The summed E-state index contributed by atoms with van der Waals surface area (Å²) < 4.78 is 13.1. The molecular weight excluding hydrogens is 291 g/mol. The largest absolute Gasteiger partial charge is 0.326 e. The zero-order chi connectivity index (χ0) is 13.1. The van der Waals surface area contributed by atoms with Gasteiger partial charge in [-0.1, -0.05) is 17.7 Å². The van der Waals surface area contributed by atoms with E-state index in [2.05, 4.69) is 4.98 Å². The van der Waals surface area contributed by atoms with Crippen molar-refractivity contribution >= 4 is 45.0 Å². The first-order chi connectivity index (χ1) is 8.63. The quantitative estimate of drug-likeness (QED) is 0.795. The van der Waals surface area contributed by atoms with Gasteiger partial charge >= 0.3 is 0 Å². The van der Waals surface area contributed by atoms with Gasteiger partial charge in [-0.05, 0) is 18.6 Å². The Morgan fingerprint density at radius 3 is 2.89 bits per heavy atom. The molecule has 0 bridgehead atoms. The highest BCUT2D eigenvalue weighted by Gasteiger charge is 2.12. The molecular formula is C12H14Cl2N2OS. The summed E-state index contributed by atoms with van der Waals surface area (Å²) in [6, 6.07) is 5.64. The fourth-order valence-corrected chi connectivity index (χ4v) is 2.97. The summed E-state index contributed by atoms with van der Waals surface area (Å²) in [6.45, 7) is 0.738. The maximum absolute atomic E-state index is 11.1. The lowest BCUT2D eigenvalue weighted by Gasteiger charge is -2.07. The van der Waals surface area contributed by atoms with E-state index in [4.69, 9.17) is 23.2 Å². The molecule has 1 unspecified atom stereocenters. The van der Waals surface area contributed by atoms with Gasteiger partial charge in [0.15, 0.2) is 0 Å². The van der Waals surface area contributed by atoms with Crippen LogP contribution in [-0.2, 0) is 23.2 Å². The van der Waals surface area contributed by atoms with E-state index in [9.17, 15) is 4.21 Å². The summed E-state index contributed by atoms with van der Waals surface area (Å²) in [5, 5.41) is 0.675. The van der Waals surface area contributed by atoms with Crippen LogP contribution in [0.2, 0.25) is 5.02 Å². The van der Waals surface area contributed by atoms with Crippen molar-refractivity contribution < 1.29 is 4.21 Å². The van der Waals surface area contributed by atoms with Gasteiger partial charge in [0, 0.05) is 29.4 Å². The topological polar surface area (TPSA) is 34.9 Å². The fourth-order valence-electron chi connectivity index (χ4n) is 1.96. The molecule has 0 saturated carbocycles. The normalized spacial score (nSPS) is 13.1. The number of nitrogens with zero attached hydrogens (tertiary/aromatic N) is 2. The van der Waals surface area contributed by atoms with Gasteiger partial charge in [-0.15, -0.1) is 11.6 Å². The van der Waals surface area contributed by atoms with Gasteiger partial charge in [-0.2, -0.15) is 0 Å². The van der Waals surface area contributed by atoms with E-state index in [1.807, 2.05) is 22.8 Å². The molecule has 0 radical (unpaired) electrons. The number of para-hydroxylation sites is 1. The maximum atomic E-state index is 11.1. The zero-order valence-electron chi connectivity index (χ0n) is 10.0. The second kappa shape index (κ2) is 6.04. The van der Waals surface area contributed by atoms with Crippen molar-refractivity contribution in [2.24, 2.45) is 0 Å². The summed E-state index contributed by atoms with van der Waals surface area (Å²) in [5.74, 6) is 1.83. The lowest BCUT2D eigenvalue weighted by molar-refractivity contribution is 0.657. The van der Waals surface area contributed by atoms with Gasteiger partial charge < -0.3 is 4.57 Å². The molecule has 0 amide bonds. The predicted molar refractivity (Wildman–Crippen MR) is 77.9 cm³/mol. The maximum Gasteiger partial charge on any atom is 0.124 e. The van der Waals surface area contributed by atoms with Crippen molar-refractivity contribution in [2.45, 2.75) is 18.8 Å². The summed E-state index contributed by atoms with van der Waals surface area (Å²) in [6.07, 6.45) is 2.53. The molecule has 0 aliphatic carbocycles. The molecule has 0 fully saturated rings. The molecule has 1 aromatic heterocycles. The van der Waals surface area contributed by atoms with E-state index in [0.29, 0.717) is 16.7 Å². The molecule has 0 aliphatic rings. The molecule has 2 rings (SSSR count). The zero-order valence-corrected chi connectivity index (χ0v) is 12.4. The molecule has 98 valence electrons. The standard InChI is InChI=1S/C12H14Cl2N2OS/c1-18(17)7-3-6-16-11(8-13)15-10-5-2-4-9(14)12(10)16/h2,4-5H,3,6-8H2,1H3. The van der Waals surface area contributed by atoms with Gasteiger partial charge in [0.05, 0.1) is 21.9 Å². The SMILES string of the molecule is CS(=O)CCCn1c(CCl)nc2cccc(Cl)c21. The number of halogens is 2. The highest BCUT2D eigenvalue weighted by molar-refractivity contribution is 7.84. The molecule has 3 nitrogen and oxygen atoms in total. The van der Waals surface area contributed by atoms with E-state index in [1.165, 1.54) is 0 Å². The number of aryl methyl sites for hydroxylation is 1. The second-order valence-electron chi connectivity index (χ2n) is 4.05. The van der Waals surface area contributed by atoms with Crippen LogP contribution < -0.4 is 0 Å². The van der Waals surface area contributed by atoms with Gasteiger partial charge in [-0.3, -0.25) is 4.21 Å². The minimum atomic E-state index is -0.774. The first kappa shape index (κ1) is 13.8. The second-order valence-corrected chi connectivity index (χ2v) is 6.28. The smallest absolute Gasteiger partial charge is 0.124 e. The Hall–Kier alpha value is -0.580. The van der Waals surface area contributed by atoms with Crippen LogP contribution in [0.1, 0.15) is 12.2 Å². The lowest BCUT2D eigenvalue weighted by Crippen LogP contribution is -2.06. The van der Waals surface area contributed by atoms with E-state index in [-0.39, 0.29) is 0 Å². The van der Waals surface area contributed by atoms with Crippen LogP contribution in [0.3, 0.4) is 0 Å². The van der Waals surface area contributed by atoms with Gasteiger partial charge in [-0.25, -0.2) is 4.98 Å². The van der Waals surface area contributed by atoms with Crippen molar-refractivity contribution in [1.82, 2.24) is 9.55 Å². The molecule has 1 aromatic carbocycles. The third-order valence-corrected chi connectivity index (χ3v) is 4.14. The molecule has 0 aliphatic heterocycles. The van der Waals surface area contributed by atoms with Crippen molar-refractivity contribution in [3.8, 4) is 0 Å². The minimum Gasteiger partial charge on any atom is -0.326 e. The number of imidazole rings is 1. The van der Waals surface area contributed by atoms with Crippen LogP contribution in [0, 0.1) is 0 Å². The number of hydrogen-bond acceptors (Lipinski definition) is 2. The molecule has 1 atom stereocenters. The average Bonchev–Trinajstić information content (AvgIpc) is 2.68. The molecule has 6 heteroatoms. The van der Waals surface area contributed by atoms with Crippen LogP contribution in [0.25, 0.3) is 11.0 Å². The van der Waals surface area contributed by atoms with E-state index < -0.39 is 10.8 Å². The number of benzene rings is 1. The van der Waals surface area contributed by atoms with Crippen molar-refractivity contribution in [3.63, 3.8) is 0 Å². The third kappa shape index (κ3) is 2.87. The first-order valence-corrected chi connectivity index (χ1v) is 8.27. The Kier molecular flexibility index (Phi) is 4.65. The Balaban J connectivity index is 2.37. The Morgan fingerprint density at radius 2 is 2.22 bits per heavy atom. The number of hydrogen-bond donors (Lipinski definition) is 0. The van der Waals surface area contributed by atoms with Gasteiger partial charge in [0.25, 0.3) is 0 Å². The highest BCUT2D eigenvalue weighted by Crippen LogP contribution is 2.25. The molecule has 0 saturated heterocycles. The minimum absolute atomic E-state index is 0.347. The Morgan fingerprint density at radius 1 is 1.44 bits per heavy atom. The summed E-state index contributed by atoms with van der Waals surface area (Å²) >= 11 is 12.1. The number of fused-ring (bicyclic) bond motifs is 1. The number of aromatic nitrogens is 2. The number of rotatable bonds is 5. The molecule has 1 heterocycles. The van der Waals surface area contributed by atoms with E-state index in [0.717, 1.165) is 29.8 Å². The monoisotopic (exact) mass is 304 g/mol.